The minimum atomic E-state index is -0.325. The van der Waals surface area contributed by atoms with E-state index in [1.807, 2.05) is 24.3 Å². The second kappa shape index (κ2) is 8.14. The number of urea groups is 1. The molecule has 2 N–H and O–H groups in total. The smallest absolute Gasteiger partial charge is 0.314 e. The Kier molecular flexibility index (Phi) is 5.68. The number of benzene rings is 2. The molecule has 0 saturated heterocycles. The summed E-state index contributed by atoms with van der Waals surface area (Å²) in [6, 6.07) is 14.2. The Hall–Kier alpha value is -2.67. The fourth-order valence-electron chi connectivity index (χ4n) is 2.80. The number of halogens is 1. The number of hydrogen-bond acceptors (Lipinski definition) is 3. The lowest BCUT2D eigenvalue weighted by atomic mass is 10.1. The number of fused-ring (bicyclic) bond motifs is 1. The molecule has 1 aliphatic rings. The molecule has 0 unspecified atom stereocenters. The molecule has 1 heterocycles. The Morgan fingerprint density at radius 3 is 2.12 bits per heavy atom. The third-order valence-electron chi connectivity index (χ3n) is 4.14. The molecule has 2 aromatic rings. The lowest BCUT2D eigenvalue weighted by Crippen LogP contribution is -2.42. The van der Waals surface area contributed by atoms with Gasteiger partial charge in [-0.2, -0.15) is 0 Å². The summed E-state index contributed by atoms with van der Waals surface area (Å²) in [7, 11) is 0. The number of amides is 4. The standard InChI is InChI=1S/C19H18BrN3O3/c20-16-8-4-1-5-13(16)9-10-21-19(26)22-11-12-23-17(24)14-6-2-3-7-15(14)18(23)25/h1-8H,9-12H2,(H2,21,22,26). The van der Waals surface area contributed by atoms with Gasteiger partial charge in [0.15, 0.2) is 0 Å². The molecule has 0 spiro atoms. The van der Waals surface area contributed by atoms with Crippen LogP contribution < -0.4 is 10.6 Å². The summed E-state index contributed by atoms with van der Waals surface area (Å²) in [5.74, 6) is -0.636. The number of rotatable bonds is 6. The van der Waals surface area contributed by atoms with E-state index in [4.69, 9.17) is 0 Å². The zero-order valence-electron chi connectivity index (χ0n) is 14.0. The van der Waals surface area contributed by atoms with Crippen LogP contribution in [0.3, 0.4) is 0 Å². The van der Waals surface area contributed by atoms with Gasteiger partial charge in [-0.25, -0.2) is 4.79 Å². The van der Waals surface area contributed by atoms with Gasteiger partial charge in [0.05, 0.1) is 11.1 Å². The van der Waals surface area contributed by atoms with Gasteiger partial charge < -0.3 is 10.6 Å². The average molecular weight is 416 g/mol. The van der Waals surface area contributed by atoms with Gasteiger partial charge in [0.25, 0.3) is 11.8 Å². The van der Waals surface area contributed by atoms with E-state index < -0.39 is 0 Å². The Morgan fingerprint density at radius 1 is 0.885 bits per heavy atom. The van der Waals surface area contributed by atoms with Gasteiger partial charge in [-0.05, 0) is 30.2 Å². The van der Waals surface area contributed by atoms with E-state index in [0.717, 1.165) is 14.9 Å². The average Bonchev–Trinajstić information content (AvgIpc) is 2.88. The fraction of sp³-hybridized carbons (Fsp3) is 0.211. The quantitative estimate of drug-likeness (QED) is 0.711. The molecule has 0 radical (unpaired) electrons. The van der Waals surface area contributed by atoms with E-state index in [1.54, 1.807) is 24.3 Å². The molecule has 26 heavy (non-hydrogen) atoms. The highest BCUT2D eigenvalue weighted by Crippen LogP contribution is 2.21. The number of carbonyl (C=O) groups is 3. The van der Waals surface area contributed by atoms with Gasteiger partial charge in [-0.15, -0.1) is 0 Å². The predicted octanol–water partition coefficient (Wildman–Crippen LogP) is 2.59. The third-order valence-corrected chi connectivity index (χ3v) is 4.91. The van der Waals surface area contributed by atoms with E-state index in [2.05, 4.69) is 26.6 Å². The topological polar surface area (TPSA) is 78.5 Å². The SMILES string of the molecule is O=C(NCCc1ccccc1Br)NCCN1C(=O)c2ccccc2C1=O. The normalized spacial score (nSPS) is 12.9. The number of nitrogens with one attached hydrogen (secondary N) is 2. The van der Waals surface area contributed by atoms with Crippen LogP contribution in [0.25, 0.3) is 0 Å². The lowest BCUT2D eigenvalue weighted by molar-refractivity contribution is 0.0656. The van der Waals surface area contributed by atoms with E-state index >= 15 is 0 Å². The summed E-state index contributed by atoms with van der Waals surface area (Å²) in [5.41, 5.74) is 1.93. The summed E-state index contributed by atoms with van der Waals surface area (Å²) in [4.78, 5) is 37.4. The molecule has 2 aromatic carbocycles. The van der Waals surface area contributed by atoms with Crippen LogP contribution in [0.2, 0.25) is 0 Å². The van der Waals surface area contributed by atoms with E-state index in [0.29, 0.717) is 24.1 Å². The number of nitrogens with zero attached hydrogens (tertiary/aromatic N) is 1. The fourth-order valence-corrected chi connectivity index (χ4v) is 3.28. The van der Waals surface area contributed by atoms with Crippen molar-refractivity contribution in [1.29, 1.82) is 0 Å². The minimum absolute atomic E-state index is 0.143. The van der Waals surface area contributed by atoms with Crippen molar-refractivity contribution in [2.45, 2.75) is 6.42 Å². The molecule has 0 bridgehead atoms. The highest BCUT2D eigenvalue weighted by atomic mass is 79.9. The first kappa shape index (κ1) is 18.1. The van der Waals surface area contributed by atoms with Crippen LogP contribution in [0.15, 0.2) is 53.0 Å². The molecule has 0 fully saturated rings. The summed E-state index contributed by atoms with van der Waals surface area (Å²) < 4.78 is 1.01. The van der Waals surface area contributed by atoms with Gasteiger partial charge in [0.1, 0.15) is 0 Å². The highest BCUT2D eigenvalue weighted by molar-refractivity contribution is 9.10. The van der Waals surface area contributed by atoms with Crippen LogP contribution >= 0.6 is 15.9 Å². The largest absolute Gasteiger partial charge is 0.338 e. The molecule has 4 amide bonds. The van der Waals surface area contributed by atoms with Crippen LogP contribution in [-0.4, -0.2) is 42.4 Å². The maximum Gasteiger partial charge on any atom is 0.314 e. The van der Waals surface area contributed by atoms with Gasteiger partial charge in [0.2, 0.25) is 0 Å². The zero-order valence-corrected chi connectivity index (χ0v) is 15.6. The summed E-state index contributed by atoms with van der Waals surface area (Å²) in [6.45, 7) is 0.831. The number of hydrogen-bond donors (Lipinski definition) is 2. The highest BCUT2D eigenvalue weighted by Gasteiger charge is 2.34. The molecule has 0 atom stereocenters. The summed E-state index contributed by atoms with van der Waals surface area (Å²) in [5, 5.41) is 5.43. The van der Waals surface area contributed by atoms with Crippen LogP contribution in [-0.2, 0) is 6.42 Å². The Labute approximate surface area is 159 Å². The van der Waals surface area contributed by atoms with E-state index in [1.165, 1.54) is 0 Å². The van der Waals surface area contributed by atoms with Gasteiger partial charge in [-0.1, -0.05) is 46.3 Å². The molecule has 6 nitrogen and oxygen atoms in total. The maximum atomic E-state index is 12.2. The Morgan fingerprint density at radius 2 is 1.46 bits per heavy atom. The molecule has 1 aliphatic heterocycles. The van der Waals surface area contributed by atoms with Crippen LogP contribution in [0, 0.1) is 0 Å². The van der Waals surface area contributed by atoms with Crippen molar-refractivity contribution in [1.82, 2.24) is 15.5 Å². The van der Waals surface area contributed by atoms with Gasteiger partial charge >= 0.3 is 6.03 Å². The zero-order chi connectivity index (χ0) is 18.5. The Bertz CT molecular complexity index is 818. The van der Waals surface area contributed by atoms with Crippen molar-refractivity contribution in [3.8, 4) is 0 Å². The molecule has 7 heteroatoms. The Balaban J connectivity index is 1.41. The lowest BCUT2D eigenvalue weighted by Gasteiger charge is -2.14. The van der Waals surface area contributed by atoms with Crippen molar-refractivity contribution in [3.05, 3.63) is 69.7 Å². The number of imide groups is 1. The second-order valence-corrected chi connectivity index (χ2v) is 6.69. The minimum Gasteiger partial charge on any atom is -0.338 e. The molecule has 134 valence electrons. The van der Waals surface area contributed by atoms with Crippen molar-refractivity contribution in [3.63, 3.8) is 0 Å². The third kappa shape index (κ3) is 3.94. The maximum absolute atomic E-state index is 12.2. The van der Waals surface area contributed by atoms with Crippen LogP contribution in [0.1, 0.15) is 26.3 Å². The van der Waals surface area contributed by atoms with Crippen LogP contribution in [0.5, 0.6) is 0 Å². The summed E-state index contributed by atoms with van der Waals surface area (Å²) >= 11 is 3.47. The molecule has 3 rings (SSSR count). The first-order chi connectivity index (χ1) is 12.6. The van der Waals surface area contributed by atoms with Crippen LogP contribution in [0.4, 0.5) is 4.79 Å². The van der Waals surface area contributed by atoms with E-state index in [9.17, 15) is 14.4 Å². The second-order valence-electron chi connectivity index (χ2n) is 5.83. The first-order valence-corrected chi connectivity index (χ1v) is 9.07. The molecule has 0 aromatic heterocycles. The number of carbonyl (C=O) groups excluding carboxylic acids is 3. The van der Waals surface area contributed by atoms with Crippen molar-refractivity contribution in [2.24, 2.45) is 0 Å². The van der Waals surface area contributed by atoms with Crippen molar-refractivity contribution >= 4 is 33.8 Å². The van der Waals surface area contributed by atoms with Crippen molar-refractivity contribution in [2.75, 3.05) is 19.6 Å². The van der Waals surface area contributed by atoms with Gasteiger partial charge in [-0.3, -0.25) is 14.5 Å². The van der Waals surface area contributed by atoms with Gasteiger partial charge in [0, 0.05) is 24.1 Å². The molecular weight excluding hydrogens is 398 g/mol. The predicted molar refractivity (Wildman–Crippen MR) is 101 cm³/mol. The summed E-state index contributed by atoms with van der Waals surface area (Å²) in [6.07, 6.45) is 0.702. The first-order valence-electron chi connectivity index (χ1n) is 8.28. The van der Waals surface area contributed by atoms with Crippen molar-refractivity contribution < 1.29 is 14.4 Å². The molecule has 0 aliphatic carbocycles. The monoisotopic (exact) mass is 415 g/mol. The molecule has 0 saturated carbocycles. The van der Waals surface area contributed by atoms with E-state index in [-0.39, 0.29) is 30.9 Å². The molecular formula is C19H18BrN3O3.